The monoisotopic (exact) mass is 202 g/mol. The molecule has 0 spiro atoms. The smallest absolute Gasteiger partial charge is 0.222 e. The highest BCUT2D eigenvalue weighted by Crippen LogP contribution is 2.07. The van der Waals surface area contributed by atoms with E-state index >= 15 is 0 Å². The van der Waals surface area contributed by atoms with Crippen molar-refractivity contribution in [3.05, 3.63) is 0 Å². The lowest BCUT2D eigenvalue weighted by Crippen LogP contribution is -2.40. The fourth-order valence-corrected chi connectivity index (χ4v) is 1.21. The minimum absolute atomic E-state index is 0.0325. The van der Waals surface area contributed by atoms with Crippen LogP contribution in [0.2, 0.25) is 0 Å². The Hall–Kier alpha value is -0.610. The van der Waals surface area contributed by atoms with Gasteiger partial charge >= 0.3 is 0 Å². The van der Waals surface area contributed by atoms with E-state index in [-0.39, 0.29) is 11.8 Å². The van der Waals surface area contributed by atoms with Crippen molar-refractivity contribution in [1.29, 1.82) is 0 Å². The number of hydrogen-bond acceptors (Lipinski definition) is 3. The van der Waals surface area contributed by atoms with Gasteiger partial charge in [0.15, 0.2) is 0 Å². The molecule has 1 atom stereocenters. The molecule has 0 saturated carbocycles. The maximum Gasteiger partial charge on any atom is 0.222 e. The van der Waals surface area contributed by atoms with Crippen LogP contribution in [-0.2, 0) is 4.79 Å². The number of carbonyl (C=O) groups excluding carboxylic acids is 1. The van der Waals surface area contributed by atoms with E-state index in [0.29, 0.717) is 19.5 Å². The van der Waals surface area contributed by atoms with Crippen molar-refractivity contribution < 1.29 is 9.90 Å². The fraction of sp³-hybridized carbons (Fsp3) is 0.900. The molecule has 0 aliphatic heterocycles. The number of hydrogen-bond donors (Lipinski definition) is 2. The van der Waals surface area contributed by atoms with Crippen LogP contribution in [0.15, 0.2) is 0 Å². The zero-order valence-corrected chi connectivity index (χ0v) is 9.58. The molecule has 14 heavy (non-hydrogen) atoms. The molecule has 0 aliphatic carbocycles. The zero-order valence-electron chi connectivity index (χ0n) is 9.58. The number of likely N-dealkylation sites (N-methyl/N-ethyl adjacent to an activating group) is 1. The van der Waals surface area contributed by atoms with Crippen LogP contribution in [0.1, 0.15) is 27.2 Å². The summed E-state index contributed by atoms with van der Waals surface area (Å²) in [4.78, 5) is 13.1. The summed E-state index contributed by atoms with van der Waals surface area (Å²) < 4.78 is 0. The van der Waals surface area contributed by atoms with Crippen molar-refractivity contribution in [3.8, 4) is 0 Å². The number of nitrogens with zero attached hydrogens (tertiary/aromatic N) is 1. The lowest BCUT2D eigenvalue weighted by molar-refractivity contribution is -0.133. The Morgan fingerprint density at radius 2 is 2.07 bits per heavy atom. The van der Waals surface area contributed by atoms with Crippen LogP contribution in [0.25, 0.3) is 0 Å². The lowest BCUT2D eigenvalue weighted by Gasteiger charge is -2.26. The number of carbonyl (C=O) groups is 1. The average Bonchev–Trinajstić information content (AvgIpc) is 2.00. The first kappa shape index (κ1) is 13.4. The summed E-state index contributed by atoms with van der Waals surface area (Å²) in [6, 6.07) is 0. The van der Waals surface area contributed by atoms with E-state index in [2.05, 4.69) is 0 Å². The summed E-state index contributed by atoms with van der Waals surface area (Å²) >= 11 is 0. The first-order valence-electron chi connectivity index (χ1n) is 4.92. The number of aliphatic hydroxyl groups is 1. The maximum absolute atomic E-state index is 11.5. The molecule has 4 nitrogen and oxygen atoms in total. The predicted octanol–water partition coefficient (Wildman–Crippen LogP) is 0.201. The third kappa shape index (κ3) is 5.94. The second-order valence-electron chi connectivity index (χ2n) is 4.61. The topological polar surface area (TPSA) is 66.6 Å². The van der Waals surface area contributed by atoms with Gasteiger partial charge in [-0.15, -0.1) is 0 Å². The second-order valence-corrected chi connectivity index (χ2v) is 4.61. The molecule has 0 aromatic rings. The van der Waals surface area contributed by atoms with Crippen LogP contribution in [0, 0.1) is 5.92 Å². The Bertz CT molecular complexity index is 187. The molecule has 0 heterocycles. The van der Waals surface area contributed by atoms with Crippen molar-refractivity contribution in [2.24, 2.45) is 11.7 Å². The van der Waals surface area contributed by atoms with Crippen LogP contribution in [0.3, 0.4) is 0 Å². The van der Waals surface area contributed by atoms with E-state index in [1.165, 1.54) is 0 Å². The van der Waals surface area contributed by atoms with Crippen molar-refractivity contribution in [1.82, 2.24) is 4.90 Å². The molecule has 0 aromatic carbocycles. The van der Waals surface area contributed by atoms with E-state index in [4.69, 9.17) is 5.73 Å². The van der Waals surface area contributed by atoms with Gasteiger partial charge in [0.1, 0.15) is 0 Å². The van der Waals surface area contributed by atoms with Crippen LogP contribution in [-0.4, -0.2) is 41.7 Å². The fourth-order valence-electron chi connectivity index (χ4n) is 1.21. The molecule has 0 aromatic heterocycles. The number of amides is 1. The van der Waals surface area contributed by atoms with Crippen molar-refractivity contribution in [2.45, 2.75) is 32.8 Å². The Morgan fingerprint density at radius 3 is 2.43 bits per heavy atom. The van der Waals surface area contributed by atoms with Gasteiger partial charge in [-0.05, 0) is 26.3 Å². The molecule has 0 saturated heterocycles. The summed E-state index contributed by atoms with van der Waals surface area (Å²) in [5.41, 5.74) is 4.59. The van der Waals surface area contributed by atoms with Gasteiger partial charge in [0, 0.05) is 20.0 Å². The average molecular weight is 202 g/mol. The van der Waals surface area contributed by atoms with E-state index in [1.807, 2.05) is 6.92 Å². The molecular formula is C10H22N2O2. The molecule has 0 aliphatic rings. The van der Waals surface area contributed by atoms with Gasteiger partial charge in [-0.1, -0.05) is 6.92 Å². The molecule has 3 N–H and O–H groups in total. The van der Waals surface area contributed by atoms with Gasteiger partial charge in [-0.25, -0.2) is 0 Å². The normalized spacial score (nSPS) is 13.9. The number of rotatable bonds is 5. The highest BCUT2D eigenvalue weighted by molar-refractivity contribution is 5.76. The third-order valence-electron chi connectivity index (χ3n) is 1.98. The van der Waals surface area contributed by atoms with Gasteiger partial charge < -0.3 is 15.7 Å². The molecule has 84 valence electrons. The van der Waals surface area contributed by atoms with Gasteiger partial charge in [-0.2, -0.15) is 0 Å². The second kappa shape index (κ2) is 5.32. The van der Waals surface area contributed by atoms with Gasteiger partial charge in [0.25, 0.3) is 0 Å². The molecule has 1 unspecified atom stereocenters. The van der Waals surface area contributed by atoms with Crippen molar-refractivity contribution in [3.63, 3.8) is 0 Å². The van der Waals surface area contributed by atoms with Crippen LogP contribution < -0.4 is 5.73 Å². The molecular weight excluding hydrogens is 180 g/mol. The molecule has 1 amide bonds. The highest BCUT2D eigenvalue weighted by Gasteiger charge is 2.20. The summed E-state index contributed by atoms with van der Waals surface area (Å²) in [5.74, 6) is 0.233. The Kier molecular flexibility index (Phi) is 5.08. The quantitative estimate of drug-likeness (QED) is 0.669. The Balaban J connectivity index is 4.00. The minimum Gasteiger partial charge on any atom is -0.389 e. The molecule has 0 radical (unpaired) electrons. The first-order valence-corrected chi connectivity index (χ1v) is 4.92. The van der Waals surface area contributed by atoms with Gasteiger partial charge in [0.2, 0.25) is 5.91 Å². The van der Waals surface area contributed by atoms with Crippen LogP contribution >= 0.6 is 0 Å². The summed E-state index contributed by atoms with van der Waals surface area (Å²) in [6.45, 7) is 6.17. The zero-order chi connectivity index (χ0) is 11.4. The van der Waals surface area contributed by atoms with Crippen molar-refractivity contribution >= 4 is 5.91 Å². The maximum atomic E-state index is 11.5. The molecule has 0 fully saturated rings. The van der Waals surface area contributed by atoms with Gasteiger partial charge in [0.05, 0.1) is 5.60 Å². The molecule has 0 rings (SSSR count). The summed E-state index contributed by atoms with van der Waals surface area (Å²) in [5, 5.41) is 9.51. The third-order valence-corrected chi connectivity index (χ3v) is 1.98. The largest absolute Gasteiger partial charge is 0.389 e. The predicted molar refractivity (Wildman–Crippen MR) is 56.8 cm³/mol. The van der Waals surface area contributed by atoms with E-state index in [0.717, 1.165) is 0 Å². The van der Waals surface area contributed by atoms with Crippen LogP contribution in [0.5, 0.6) is 0 Å². The highest BCUT2D eigenvalue weighted by atomic mass is 16.3. The summed E-state index contributed by atoms with van der Waals surface area (Å²) in [6.07, 6.45) is 0.448. The Labute approximate surface area is 86.1 Å². The molecule has 0 bridgehead atoms. The molecule has 4 heteroatoms. The minimum atomic E-state index is -0.837. The first-order chi connectivity index (χ1) is 6.26. The van der Waals surface area contributed by atoms with Gasteiger partial charge in [-0.3, -0.25) is 4.79 Å². The summed E-state index contributed by atoms with van der Waals surface area (Å²) in [7, 11) is 1.70. The lowest BCUT2D eigenvalue weighted by atomic mass is 10.1. The van der Waals surface area contributed by atoms with E-state index in [1.54, 1.807) is 25.8 Å². The SMILES string of the molecule is CC(CN)CC(=O)N(C)CC(C)(C)O. The van der Waals surface area contributed by atoms with Crippen molar-refractivity contribution in [2.75, 3.05) is 20.1 Å². The Morgan fingerprint density at radius 1 is 1.57 bits per heavy atom. The van der Waals surface area contributed by atoms with E-state index < -0.39 is 5.60 Å². The standard InChI is InChI=1S/C10H22N2O2/c1-8(6-11)5-9(13)12(4)7-10(2,3)14/h8,14H,5-7,11H2,1-4H3. The van der Waals surface area contributed by atoms with Crippen LogP contribution in [0.4, 0.5) is 0 Å². The van der Waals surface area contributed by atoms with E-state index in [9.17, 15) is 9.90 Å². The number of nitrogens with two attached hydrogens (primary N) is 1.